The van der Waals surface area contributed by atoms with Gasteiger partial charge in [0.25, 0.3) is 0 Å². The Morgan fingerprint density at radius 1 is 1.05 bits per heavy atom. The van der Waals surface area contributed by atoms with Gasteiger partial charge in [-0.3, -0.25) is 0 Å². The number of aryl methyl sites for hydroxylation is 1. The summed E-state index contributed by atoms with van der Waals surface area (Å²) in [4.78, 5) is 11.3. The van der Waals surface area contributed by atoms with Crippen LogP contribution in [0.2, 0.25) is 0 Å². The summed E-state index contributed by atoms with van der Waals surface area (Å²) in [5, 5.41) is 9.25. The van der Waals surface area contributed by atoms with Gasteiger partial charge in [-0.05, 0) is 57.4 Å². The van der Waals surface area contributed by atoms with E-state index in [2.05, 4.69) is 52.0 Å². The number of benzene rings is 2. The average Bonchev–Trinajstić information content (AvgIpc) is 2.72. The molecule has 0 atom stereocenters. The van der Waals surface area contributed by atoms with E-state index < -0.39 is 5.97 Å². The number of hydrogen-bond donors (Lipinski definition) is 1. The number of carboxylic acid groups (broad SMARTS) is 1. The van der Waals surface area contributed by atoms with Crippen LogP contribution in [0.5, 0.6) is 0 Å². The fourth-order valence-electron chi connectivity index (χ4n) is 3.13. The normalized spacial score (nSPS) is 14.8. The molecule has 22 heavy (non-hydrogen) atoms. The first-order valence-corrected chi connectivity index (χ1v) is 7.49. The van der Waals surface area contributed by atoms with E-state index in [0.29, 0.717) is 0 Å². The van der Waals surface area contributed by atoms with Crippen molar-refractivity contribution in [3.8, 4) is 11.1 Å². The molecule has 0 saturated heterocycles. The molecule has 0 spiro atoms. The largest absolute Gasteiger partial charge is 0.478 e. The predicted molar refractivity (Wildman–Crippen MR) is 90.0 cm³/mol. The van der Waals surface area contributed by atoms with E-state index in [1.165, 1.54) is 17.2 Å². The molecular formula is C20H20O2. The maximum Gasteiger partial charge on any atom is 0.328 e. The van der Waals surface area contributed by atoms with Gasteiger partial charge in [0.2, 0.25) is 0 Å². The lowest BCUT2D eigenvalue weighted by atomic mass is 9.85. The smallest absolute Gasteiger partial charge is 0.328 e. The van der Waals surface area contributed by atoms with Crippen LogP contribution in [0.25, 0.3) is 16.7 Å². The minimum atomic E-state index is -0.906. The third-order valence-corrected chi connectivity index (χ3v) is 4.28. The Labute approximate surface area is 131 Å². The zero-order valence-electron chi connectivity index (χ0n) is 13.4. The van der Waals surface area contributed by atoms with Crippen LogP contribution in [-0.4, -0.2) is 11.1 Å². The lowest BCUT2D eigenvalue weighted by molar-refractivity contribution is -0.131. The Hall–Kier alpha value is -2.35. The van der Waals surface area contributed by atoms with Gasteiger partial charge in [-0.2, -0.15) is 0 Å². The first-order chi connectivity index (χ1) is 10.3. The fourth-order valence-corrected chi connectivity index (χ4v) is 3.13. The number of carbonyl (C=O) groups is 1. The molecule has 0 fully saturated rings. The highest BCUT2D eigenvalue weighted by Gasteiger charge is 2.27. The second-order valence-corrected chi connectivity index (χ2v) is 6.90. The topological polar surface area (TPSA) is 37.3 Å². The third-order valence-electron chi connectivity index (χ3n) is 4.28. The first-order valence-electron chi connectivity index (χ1n) is 7.49. The van der Waals surface area contributed by atoms with Crippen molar-refractivity contribution in [3.05, 3.63) is 64.7 Å². The van der Waals surface area contributed by atoms with Gasteiger partial charge in [0.05, 0.1) is 0 Å². The number of fused-ring (bicyclic) bond motifs is 3. The monoisotopic (exact) mass is 292 g/mol. The highest BCUT2D eigenvalue weighted by molar-refractivity contribution is 6.07. The molecule has 0 radical (unpaired) electrons. The molecule has 1 N–H and O–H groups in total. The SMILES string of the molecule is Cc1cccc2c1-c1ccc(C(C)(C)C)cc1/C2=C/C(=O)O. The lowest BCUT2D eigenvalue weighted by Crippen LogP contribution is -2.11. The number of carboxylic acids is 1. The van der Waals surface area contributed by atoms with E-state index >= 15 is 0 Å². The summed E-state index contributed by atoms with van der Waals surface area (Å²) < 4.78 is 0. The maximum absolute atomic E-state index is 11.3. The summed E-state index contributed by atoms with van der Waals surface area (Å²) in [6, 6.07) is 12.5. The predicted octanol–water partition coefficient (Wildman–Crippen LogP) is 4.79. The molecule has 3 rings (SSSR count). The fraction of sp³-hybridized carbons (Fsp3) is 0.250. The third kappa shape index (κ3) is 2.25. The van der Waals surface area contributed by atoms with Gasteiger partial charge in [-0.15, -0.1) is 0 Å². The Morgan fingerprint density at radius 2 is 1.77 bits per heavy atom. The van der Waals surface area contributed by atoms with E-state index in [4.69, 9.17) is 0 Å². The van der Waals surface area contributed by atoms with Crippen molar-refractivity contribution < 1.29 is 9.90 Å². The molecule has 2 nitrogen and oxygen atoms in total. The van der Waals surface area contributed by atoms with Gasteiger partial charge in [-0.1, -0.05) is 51.1 Å². The number of rotatable bonds is 1. The van der Waals surface area contributed by atoms with Gasteiger partial charge in [0, 0.05) is 6.08 Å². The Kier molecular flexibility index (Phi) is 3.21. The molecule has 0 aliphatic heterocycles. The summed E-state index contributed by atoms with van der Waals surface area (Å²) in [6.45, 7) is 8.58. The molecule has 0 amide bonds. The van der Waals surface area contributed by atoms with Crippen molar-refractivity contribution in [2.45, 2.75) is 33.1 Å². The molecule has 0 saturated carbocycles. The molecule has 112 valence electrons. The van der Waals surface area contributed by atoms with E-state index in [0.717, 1.165) is 27.8 Å². The molecule has 0 unspecified atom stereocenters. The van der Waals surface area contributed by atoms with Crippen LogP contribution in [-0.2, 0) is 10.2 Å². The Balaban J connectivity index is 2.33. The van der Waals surface area contributed by atoms with Crippen LogP contribution in [0.15, 0.2) is 42.5 Å². The summed E-state index contributed by atoms with van der Waals surface area (Å²) in [7, 11) is 0. The zero-order chi connectivity index (χ0) is 16.1. The highest BCUT2D eigenvalue weighted by Crippen LogP contribution is 2.46. The Bertz CT molecular complexity index is 805. The zero-order valence-corrected chi connectivity index (χ0v) is 13.4. The average molecular weight is 292 g/mol. The maximum atomic E-state index is 11.3. The van der Waals surface area contributed by atoms with Crippen LogP contribution in [0.3, 0.4) is 0 Å². The molecule has 2 heteroatoms. The Morgan fingerprint density at radius 3 is 2.41 bits per heavy atom. The van der Waals surface area contributed by atoms with E-state index in [9.17, 15) is 9.90 Å². The molecule has 0 bridgehead atoms. The van der Waals surface area contributed by atoms with Gasteiger partial charge < -0.3 is 5.11 Å². The van der Waals surface area contributed by atoms with E-state index in [1.807, 2.05) is 12.1 Å². The molecule has 0 heterocycles. The lowest BCUT2D eigenvalue weighted by Gasteiger charge is -2.20. The second kappa shape index (κ2) is 4.84. The van der Waals surface area contributed by atoms with Gasteiger partial charge >= 0.3 is 5.97 Å². The molecule has 0 aromatic heterocycles. The number of hydrogen-bond acceptors (Lipinski definition) is 1. The molecular weight excluding hydrogens is 272 g/mol. The molecule has 2 aromatic carbocycles. The van der Waals surface area contributed by atoms with E-state index in [-0.39, 0.29) is 5.41 Å². The highest BCUT2D eigenvalue weighted by atomic mass is 16.4. The van der Waals surface area contributed by atoms with Crippen molar-refractivity contribution in [1.82, 2.24) is 0 Å². The first kappa shape index (κ1) is 14.6. The van der Waals surface area contributed by atoms with Crippen LogP contribution in [0.1, 0.15) is 43.0 Å². The standard InChI is InChI=1S/C20H20O2/c1-12-6-5-7-14-17(11-18(21)22)16-10-13(20(2,3)4)8-9-15(16)19(12)14/h5-11H,1-4H3,(H,21,22)/b17-11+. The van der Waals surface area contributed by atoms with Crippen molar-refractivity contribution >= 4 is 11.5 Å². The van der Waals surface area contributed by atoms with Gasteiger partial charge in [0.1, 0.15) is 0 Å². The minimum Gasteiger partial charge on any atom is -0.478 e. The van der Waals surface area contributed by atoms with Crippen molar-refractivity contribution in [3.63, 3.8) is 0 Å². The van der Waals surface area contributed by atoms with Gasteiger partial charge in [-0.25, -0.2) is 4.79 Å². The summed E-state index contributed by atoms with van der Waals surface area (Å²) >= 11 is 0. The van der Waals surface area contributed by atoms with Crippen LogP contribution < -0.4 is 0 Å². The summed E-state index contributed by atoms with van der Waals surface area (Å²) in [6.07, 6.45) is 1.33. The van der Waals surface area contributed by atoms with Crippen LogP contribution in [0, 0.1) is 6.92 Å². The quantitative estimate of drug-likeness (QED) is 0.655. The van der Waals surface area contributed by atoms with Crippen molar-refractivity contribution in [2.75, 3.05) is 0 Å². The summed E-state index contributed by atoms with van der Waals surface area (Å²) in [5.41, 5.74) is 7.57. The van der Waals surface area contributed by atoms with Crippen LogP contribution in [0.4, 0.5) is 0 Å². The van der Waals surface area contributed by atoms with Gasteiger partial charge in [0.15, 0.2) is 0 Å². The van der Waals surface area contributed by atoms with Crippen molar-refractivity contribution in [1.29, 1.82) is 0 Å². The summed E-state index contributed by atoms with van der Waals surface area (Å²) in [5.74, 6) is -0.906. The minimum absolute atomic E-state index is 0.0349. The van der Waals surface area contributed by atoms with E-state index in [1.54, 1.807) is 0 Å². The number of aliphatic carboxylic acids is 1. The van der Waals surface area contributed by atoms with Crippen molar-refractivity contribution in [2.24, 2.45) is 0 Å². The molecule has 1 aliphatic carbocycles. The molecule has 1 aliphatic rings. The van der Waals surface area contributed by atoms with Crippen LogP contribution >= 0.6 is 0 Å². The second-order valence-electron chi connectivity index (χ2n) is 6.90. The molecule has 2 aromatic rings.